The van der Waals surface area contributed by atoms with Gasteiger partial charge in [-0.2, -0.15) is 18.4 Å². The van der Waals surface area contributed by atoms with Crippen LogP contribution in [0.2, 0.25) is 0 Å². The predicted molar refractivity (Wildman–Crippen MR) is 155 cm³/mol. The first-order valence-corrected chi connectivity index (χ1v) is 14.1. The van der Waals surface area contributed by atoms with Gasteiger partial charge in [0, 0.05) is 51.5 Å². The minimum atomic E-state index is -4.66. The lowest BCUT2D eigenvalue weighted by Crippen LogP contribution is -2.49. The molecule has 13 heteroatoms. The highest BCUT2D eigenvalue weighted by molar-refractivity contribution is 6.04. The molecule has 2 aromatic carbocycles. The zero-order valence-electron chi connectivity index (χ0n) is 25.0. The SMILES string of the molecule is CCOC(=O)C1=C(C)N(c2cccc(C(F)(F)F)c2)C(=O)N(C)C1c1ccc(C#N)cc1C(=O)N(C)CCN1CCOCC1. The van der Waals surface area contributed by atoms with Gasteiger partial charge in [-0.25, -0.2) is 9.59 Å². The van der Waals surface area contributed by atoms with Crippen LogP contribution in [0.4, 0.5) is 23.7 Å². The van der Waals surface area contributed by atoms with Gasteiger partial charge in [0.25, 0.3) is 5.91 Å². The molecule has 2 heterocycles. The molecule has 10 nitrogen and oxygen atoms in total. The van der Waals surface area contributed by atoms with Crippen LogP contribution in [0.5, 0.6) is 0 Å². The van der Waals surface area contributed by atoms with Crippen molar-refractivity contribution in [2.24, 2.45) is 0 Å². The number of ether oxygens (including phenoxy) is 2. The minimum absolute atomic E-state index is 0.00696. The number of alkyl halides is 3. The number of anilines is 1. The maximum atomic E-state index is 13.9. The highest BCUT2D eigenvalue weighted by atomic mass is 19.4. The molecule has 2 aromatic rings. The fourth-order valence-corrected chi connectivity index (χ4v) is 5.35. The standard InChI is InChI=1S/C31H34F3N5O5/c1-5-44-29(41)26-20(2)39(23-8-6-7-22(18-23)31(32,33)34)30(42)37(4)27(26)24-10-9-21(19-35)17-25(24)28(40)36(3)11-12-38-13-15-43-16-14-38/h6-10,17-18,27H,5,11-16H2,1-4H3. The molecule has 0 radical (unpaired) electrons. The lowest BCUT2D eigenvalue weighted by molar-refractivity contribution is -0.139. The third-order valence-electron chi connectivity index (χ3n) is 7.72. The van der Waals surface area contributed by atoms with Crippen molar-refractivity contribution in [2.75, 3.05) is 65.0 Å². The van der Waals surface area contributed by atoms with E-state index in [1.807, 2.05) is 6.07 Å². The summed E-state index contributed by atoms with van der Waals surface area (Å²) in [5.41, 5.74) is -0.436. The van der Waals surface area contributed by atoms with Gasteiger partial charge < -0.3 is 19.3 Å². The number of morpholine rings is 1. The molecule has 234 valence electrons. The largest absolute Gasteiger partial charge is 0.463 e. The van der Waals surface area contributed by atoms with E-state index in [0.717, 1.165) is 30.1 Å². The van der Waals surface area contributed by atoms with Gasteiger partial charge in [-0.05, 0) is 49.7 Å². The summed E-state index contributed by atoms with van der Waals surface area (Å²) in [6, 6.07) is 8.83. The number of urea groups is 1. The number of esters is 1. The van der Waals surface area contributed by atoms with E-state index in [4.69, 9.17) is 9.47 Å². The number of allylic oxidation sites excluding steroid dienone is 1. The van der Waals surface area contributed by atoms with Gasteiger partial charge in [-0.1, -0.05) is 12.1 Å². The summed E-state index contributed by atoms with van der Waals surface area (Å²) in [5.74, 6) is -1.22. The summed E-state index contributed by atoms with van der Waals surface area (Å²) in [7, 11) is 3.03. The van der Waals surface area contributed by atoms with Crippen LogP contribution in [0.1, 0.15) is 46.9 Å². The first-order chi connectivity index (χ1) is 20.9. The van der Waals surface area contributed by atoms with Crippen molar-refractivity contribution in [3.05, 3.63) is 76.0 Å². The third kappa shape index (κ3) is 6.71. The van der Waals surface area contributed by atoms with Gasteiger partial charge in [0.15, 0.2) is 0 Å². The number of hydrogen-bond donors (Lipinski definition) is 0. The molecular formula is C31H34F3N5O5. The van der Waals surface area contributed by atoms with Crippen LogP contribution in [0, 0.1) is 11.3 Å². The zero-order valence-corrected chi connectivity index (χ0v) is 25.0. The van der Waals surface area contributed by atoms with E-state index in [1.54, 1.807) is 14.0 Å². The second-order valence-corrected chi connectivity index (χ2v) is 10.5. The Labute approximate surface area is 253 Å². The summed E-state index contributed by atoms with van der Waals surface area (Å²) < 4.78 is 51.3. The molecule has 0 saturated carbocycles. The van der Waals surface area contributed by atoms with E-state index in [9.17, 15) is 32.8 Å². The Morgan fingerprint density at radius 3 is 2.50 bits per heavy atom. The minimum Gasteiger partial charge on any atom is -0.463 e. The molecule has 44 heavy (non-hydrogen) atoms. The van der Waals surface area contributed by atoms with Crippen LogP contribution in [0.3, 0.4) is 0 Å². The topological polar surface area (TPSA) is 106 Å². The molecule has 0 aromatic heterocycles. The molecule has 2 aliphatic rings. The summed E-state index contributed by atoms with van der Waals surface area (Å²) in [4.78, 5) is 47.1. The average molecular weight is 614 g/mol. The van der Waals surface area contributed by atoms with Crippen molar-refractivity contribution in [1.29, 1.82) is 5.26 Å². The number of rotatable bonds is 8. The molecule has 1 saturated heterocycles. The second kappa shape index (κ2) is 13.5. The van der Waals surface area contributed by atoms with Crippen LogP contribution < -0.4 is 4.90 Å². The first kappa shape index (κ1) is 32.5. The lowest BCUT2D eigenvalue weighted by Gasteiger charge is -2.41. The van der Waals surface area contributed by atoms with Crippen LogP contribution in [0.15, 0.2) is 53.7 Å². The number of amides is 3. The summed E-state index contributed by atoms with van der Waals surface area (Å²) in [6.45, 7) is 6.70. The van der Waals surface area contributed by atoms with Crippen LogP contribution in [0.25, 0.3) is 0 Å². The molecule has 3 amide bonds. The average Bonchev–Trinajstić information content (AvgIpc) is 3.01. The molecule has 0 bridgehead atoms. The number of hydrogen-bond acceptors (Lipinski definition) is 7. The van der Waals surface area contributed by atoms with Gasteiger partial charge in [0.1, 0.15) is 0 Å². The Hall–Kier alpha value is -4.41. The molecule has 0 spiro atoms. The second-order valence-electron chi connectivity index (χ2n) is 10.5. The van der Waals surface area contributed by atoms with Crippen molar-refractivity contribution >= 4 is 23.6 Å². The monoisotopic (exact) mass is 613 g/mol. The Balaban J connectivity index is 1.81. The van der Waals surface area contributed by atoms with Gasteiger partial charge in [-0.3, -0.25) is 14.6 Å². The number of nitrogens with zero attached hydrogens (tertiary/aromatic N) is 5. The van der Waals surface area contributed by atoms with Gasteiger partial charge >= 0.3 is 18.2 Å². The van der Waals surface area contributed by atoms with E-state index >= 15 is 0 Å². The number of benzene rings is 2. The summed E-state index contributed by atoms with van der Waals surface area (Å²) >= 11 is 0. The van der Waals surface area contributed by atoms with Crippen molar-refractivity contribution in [2.45, 2.75) is 26.1 Å². The van der Waals surface area contributed by atoms with E-state index in [-0.39, 0.29) is 40.3 Å². The maximum Gasteiger partial charge on any atom is 0.416 e. The number of likely N-dealkylation sites (N-methyl/N-ethyl adjacent to an activating group) is 2. The normalized spacial score (nSPS) is 17.9. The number of nitriles is 1. The molecule has 1 unspecified atom stereocenters. The van der Waals surface area contributed by atoms with E-state index < -0.39 is 35.7 Å². The molecule has 0 aliphatic carbocycles. The zero-order chi connectivity index (χ0) is 32.2. The van der Waals surface area contributed by atoms with Crippen molar-refractivity contribution in [3.8, 4) is 6.07 Å². The Bertz CT molecular complexity index is 1500. The lowest BCUT2D eigenvalue weighted by atomic mass is 9.88. The first-order valence-electron chi connectivity index (χ1n) is 14.1. The molecule has 4 rings (SSSR count). The maximum absolute atomic E-state index is 13.9. The van der Waals surface area contributed by atoms with E-state index in [1.165, 1.54) is 54.1 Å². The Kier molecular flexibility index (Phi) is 9.96. The fraction of sp³-hybridized carbons (Fsp3) is 0.419. The molecule has 1 fully saturated rings. The van der Waals surface area contributed by atoms with Gasteiger partial charge in [-0.15, -0.1) is 0 Å². The highest BCUT2D eigenvalue weighted by Gasteiger charge is 2.43. The van der Waals surface area contributed by atoms with Crippen LogP contribution >= 0.6 is 0 Å². The van der Waals surface area contributed by atoms with Crippen LogP contribution in [-0.4, -0.2) is 92.7 Å². The summed E-state index contributed by atoms with van der Waals surface area (Å²) in [6.07, 6.45) is -4.66. The van der Waals surface area contributed by atoms with Crippen LogP contribution in [-0.2, 0) is 20.4 Å². The predicted octanol–water partition coefficient (Wildman–Crippen LogP) is 4.43. The van der Waals surface area contributed by atoms with Crippen molar-refractivity contribution in [3.63, 3.8) is 0 Å². The fourth-order valence-electron chi connectivity index (χ4n) is 5.35. The molecule has 1 atom stereocenters. The molecule has 2 aliphatic heterocycles. The van der Waals surface area contributed by atoms with Crippen molar-refractivity contribution in [1.82, 2.24) is 14.7 Å². The number of carbonyl (C=O) groups excluding carboxylic acids is 3. The Morgan fingerprint density at radius 1 is 1.16 bits per heavy atom. The number of halogens is 3. The highest BCUT2D eigenvalue weighted by Crippen LogP contribution is 2.41. The van der Waals surface area contributed by atoms with Gasteiger partial charge in [0.05, 0.1) is 54.3 Å². The van der Waals surface area contributed by atoms with Gasteiger partial charge in [0.2, 0.25) is 0 Å². The number of carbonyl (C=O) groups is 3. The van der Waals surface area contributed by atoms with Crippen molar-refractivity contribution < 1.29 is 37.0 Å². The summed E-state index contributed by atoms with van der Waals surface area (Å²) in [5, 5.41) is 9.62. The molecule has 0 N–H and O–H groups in total. The Morgan fingerprint density at radius 2 is 1.86 bits per heavy atom. The smallest absolute Gasteiger partial charge is 0.416 e. The third-order valence-corrected chi connectivity index (χ3v) is 7.72. The molecular weight excluding hydrogens is 579 g/mol. The van der Waals surface area contributed by atoms with E-state index in [0.29, 0.717) is 26.3 Å². The van der Waals surface area contributed by atoms with E-state index in [2.05, 4.69) is 4.90 Å². The quantitative estimate of drug-likeness (QED) is 0.406.